The van der Waals surface area contributed by atoms with Crippen molar-refractivity contribution in [1.29, 1.82) is 0 Å². The first kappa shape index (κ1) is 14.4. The summed E-state index contributed by atoms with van der Waals surface area (Å²) in [5, 5.41) is 0. The highest BCUT2D eigenvalue weighted by atomic mass is 16.5. The monoisotopic (exact) mass is 312 g/mol. The molecule has 0 bridgehead atoms. The molecule has 120 valence electrons. The number of fused-ring (bicyclic) bond motifs is 1. The van der Waals surface area contributed by atoms with Crippen LogP contribution in [-0.2, 0) is 17.8 Å². The zero-order valence-electron chi connectivity index (χ0n) is 13.5. The number of rotatable bonds is 2. The Balaban J connectivity index is 1.61. The molecule has 2 aliphatic rings. The Hall–Kier alpha value is -2.21. The van der Waals surface area contributed by atoms with Crippen LogP contribution >= 0.6 is 0 Å². The number of hydrogen-bond donors (Lipinski definition) is 0. The minimum Gasteiger partial charge on any atom is -0.379 e. The first-order valence-electron chi connectivity index (χ1n) is 7.98. The Kier molecular flexibility index (Phi) is 3.41. The van der Waals surface area contributed by atoms with Crippen LogP contribution in [0.4, 0.5) is 0 Å². The molecule has 4 rings (SSSR count). The van der Waals surface area contributed by atoms with E-state index in [1.54, 1.807) is 12.5 Å². The van der Waals surface area contributed by atoms with Gasteiger partial charge in [0.15, 0.2) is 0 Å². The van der Waals surface area contributed by atoms with Gasteiger partial charge in [0.2, 0.25) is 0 Å². The molecule has 0 spiro atoms. The molecule has 0 aromatic carbocycles. The van der Waals surface area contributed by atoms with Crippen LogP contribution in [0.3, 0.4) is 0 Å². The summed E-state index contributed by atoms with van der Waals surface area (Å²) in [5.74, 6) is 0.0706. The summed E-state index contributed by atoms with van der Waals surface area (Å²) in [5.41, 5.74) is 4.93. The quantitative estimate of drug-likeness (QED) is 0.851. The van der Waals surface area contributed by atoms with E-state index >= 15 is 0 Å². The lowest BCUT2D eigenvalue weighted by Crippen LogP contribution is -2.26. The number of carbonyl (C=O) groups is 1. The molecule has 6 heteroatoms. The van der Waals surface area contributed by atoms with Gasteiger partial charge < -0.3 is 14.2 Å². The predicted octanol–water partition coefficient (Wildman–Crippen LogP) is 2.01. The van der Waals surface area contributed by atoms with Gasteiger partial charge in [0.1, 0.15) is 6.33 Å². The SMILES string of the molecule is Cc1cc(C(=O)N2Cc3cncnc3C2)c(C)n1C1CCOC1. The first-order chi connectivity index (χ1) is 11.1. The van der Waals surface area contributed by atoms with Crippen molar-refractivity contribution in [1.82, 2.24) is 19.4 Å². The second-order valence-electron chi connectivity index (χ2n) is 6.33. The molecular formula is C17H20N4O2. The highest BCUT2D eigenvalue weighted by Crippen LogP contribution is 2.29. The van der Waals surface area contributed by atoms with Gasteiger partial charge in [-0.2, -0.15) is 0 Å². The Labute approximate surface area is 135 Å². The van der Waals surface area contributed by atoms with Crippen molar-refractivity contribution in [3.63, 3.8) is 0 Å². The maximum Gasteiger partial charge on any atom is 0.256 e. The number of hydrogen-bond acceptors (Lipinski definition) is 4. The standard InChI is InChI=1S/C17H20N4O2/c1-11-5-15(12(2)21(11)14-3-4-23-9-14)17(22)20-7-13-6-18-10-19-16(13)8-20/h5-6,10,14H,3-4,7-9H2,1-2H3. The summed E-state index contributed by atoms with van der Waals surface area (Å²) in [7, 11) is 0. The Morgan fingerprint density at radius 1 is 1.35 bits per heavy atom. The van der Waals surface area contributed by atoms with Gasteiger partial charge in [-0.25, -0.2) is 9.97 Å². The van der Waals surface area contributed by atoms with Crippen molar-refractivity contribution in [2.75, 3.05) is 13.2 Å². The molecule has 1 saturated heterocycles. The third-order valence-electron chi connectivity index (χ3n) is 4.86. The van der Waals surface area contributed by atoms with Gasteiger partial charge in [-0.15, -0.1) is 0 Å². The number of aryl methyl sites for hydroxylation is 1. The van der Waals surface area contributed by atoms with Gasteiger partial charge in [-0.3, -0.25) is 4.79 Å². The molecule has 1 fully saturated rings. The lowest BCUT2D eigenvalue weighted by Gasteiger charge is -2.18. The van der Waals surface area contributed by atoms with Crippen LogP contribution in [0.5, 0.6) is 0 Å². The summed E-state index contributed by atoms with van der Waals surface area (Å²) < 4.78 is 7.76. The number of amides is 1. The van der Waals surface area contributed by atoms with Crippen LogP contribution < -0.4 is 0 Å². The Bertz CT molecular complexity index is 737. The van der Waals surface area contributed by atoms with Gasteiger partial charge in [0.25, 0.3) is 5.91 Å². The third-order valence-corrected chi connectivity index (χ3v) is 4.86. The fraction of sp³-hybridized carbons (Fsp3) is 0.471. The van der Waals surface area contributed by atoms with Crippen molar-refractivity contribution < 1.29 is 9.53 Å². The normalized spacial score (nSPS) is 20.1. The summed E-state index contributed by atoms with van der Waals surface area (Å²) in [4.78, 5) is 23.1. The van der Waals surface area contributed by atoms with E-state index in [0.717, 1.165) is 47.8 Å². The summed E-state index contributed by atoms with van der Waals surface area (Å²) in [6.07, 6.45) is 4.35. The maximum absolute atomic E-state index is 12.9. The van der Waals surface area contributed by atoms with Crippen molar-refractivity contribution in [3.05, 3.63) is 46.8 Å². The van der Waals surface area contributed by atoms with Crippen molar-refractivity contribution in [2.45, 2.75) is 39.4 Å². The average molecular weight is 312 g/mol. The molecule has 0 radical (unpaired) electrons. The number of ether oxygens (including phenoxy) is 1. The highest BCUT2D eigenvalue weighted by Gasteiger charge is 2.29. The first-order valence-corrected chi connectivity index (χ1v) is 7.98. The van der Waals surface area contributed by atoms with E-state index in [9.17, 15) is 4.79 Å². The van der Waals surface area contributed by atoms with E-state index in [1.165, 1.54) is 0 Å². The molecule has 0 N–H and O–H groups in total. The number of nitrogens with zero attached hydrogens (tertiary/aromatic N) is 4. The van der Waals surface area contributed by atoms with Crippen LogP contribution in [0.2, 0.25) is 0 Å². The topological polar surface area (TPSA) is 60.2 Å². The smallest absolute Gasteiger partial charge is 0.256 e. The fourth-order valence-electron chi connectivity index (χ4n) is 3.70. The zero-order valence-corrected chi connectivity index (χ0v) is 13.5. The zero-order chi connectivity index (χ0) is 16.0. The third kappa shape index (κ3) is 2.34. The van der Waals surface area contributed by atoms with Crippen molar-refractivity contribution >= 4 is 5.91 Å². The van der Waals surface area contributed by atoms with E-state index < -0.39 is 0 Å². The fourth-order valence-corrected chi connectivity index (χ4v) is 3.70. The molecule has 2 aliphatic heterocycles. The minimum atomic E-state index is 0.0706. The van der Waals surface area contributed by atoms with Gasteiger partial charge in [0, 0.05) is 36.3 Å². The van der Waals surface area contributed by atoms with E-state index in [0.29, 0.717) is 19.1 Å². The molecule has 4 heterocycles. The van der Waals surface area contributed by atoms with E-state index in [1.807, 2.05) is 17.9 Å². The molecule has 1 amide bonds. The summed E-state index contributed by atoms with van der Waals surface area (Å²) >= 11 is 0. The summed E-state index contributed by atoms with van der Waals surface area (Å²) in [6.45, 7) is 6.77. The van der Waals surface area contributed by atoms with Gasteiger partial charge >= 0.3 is 0 Å². The van der Waals surface area contributed by atoms with Crippen LogP contribution in [0, 0.1) is 13.8 Å². The Morgan fingerprint density at radius 2 is 2.22 bits per heavy atom. The minimum absolute atomic E-state index is 0.0706. The molecule has 2 aromatic rings. The maximum atomic E-state index is 12.9. The molecule has 6 nitrogen and oxygen atoms in total. The van der Waals surface area contributed by atoms with E-state index in [-0.39, 0.29) is 5.91 Å². The van der Waals surface area contributed by atoms with Crippen LogP contribution in [0.1, 0.15) is 45.5 Å². The predicted molar refractivity (Wildman–Crippen MR) is 84.0 cm³/mol. The second kappa shape index (κ2) is 5.45. The highest BCUT2D eigenvalue weighted by molar-refractivity contribution is 5.96. The molecule has 23 heavy (non-hydrogen) atoms. The van der Waals surface area contributed by atoms with E-state index in [2.05, 4.69) is 21.5 Å². The molecular weight excluding hydrogens is 292 g/mol. The van der Waals surface area contributed by atoms with Crippen LogP contribution in [0.25, 0.3) is 0 Å². The van der Waals surface area contributed by atoms with Gasteiger partial charge in [-0.05, 0) is 26.3 Å². The lowest BCUT2D eigenvalue weighted by molar-refractivity contribution is 0.0749. The van der Waals surface area contributed by atoms with Crippen LogP contribution in [0.15, 0.2) is 18.6 Å². The number of aromatic nitrogens is 3. The van der Waals surface area contributed by atoms with Gasteiger partial charge in [0.05, 0.1) is 30.5 Å². The average Bonchev–Trinajstić information content (AvgIpc) is 3.25. The second-order valence-corrected chi connectivity index (χ2v) is 6.33. The molecule has 1 atom stereocenters. The Morgan fingerprint density at radius 3 is 2.96 bits per heavy atom. The van der Waals surface area contributed by atoms with Crippen LogP contribution in [-0.4, -0.2) is 38.6 Å². The molecule has 0 aliphatic carbocycles. The number of carbonyl (C=O) groups excluding carboxylic acids is 1. The molecule has 1 unspecified atom stereocenters. The summed E-state index contributed by atoms with van der Waals surface area (Å²) in [6, 6.07) is 2.35. The molecule has 2 aromatic heterocycles. The van der Waals surface area contributed by atoms with Crippen molar-refractivity contribution in [2.24, 2.45) is 0 Å². The lowest BCUT2D eigenvalue weighted by atomic mass is 10.2. The van der Waals surface area contributed by atoms with Gasteiger partial charge in [-0.1, -0.05) is 0 Å². The van der Waals surface area contributed by atoms with E-state index in [4.69, 9.17) is 4.74 Å². The molecule has 0 saturated carbocycles. The van der Waals surface area contributed by atoms with Crippen molar-refractivity contribution in [3.8, 4) is 0 Å². The largest absolute Gasteiger partial charge is 0.379 e.